The molecule has 0 bridgehead atoms. The molecule has 2 heterocycles. The Balaban J connectivity index is 1.81. The monoisotopic (exact) mass is 281 g/mol. The second-order valence-corrected chi connectivity index (χ2v) is 5.59. The Kier molecular flexibility index (Phi) is 3.60. The predicted octanol–water partition coefficient (Wildman–Crippen LogP) is 3.17. The normalized spacial score (nSPS) is 11.4. The van der Waals surface area contributed by atoms with Gasteiger partial charge in [-0.25, -0.2) is 4.98 Å². The van der Waals surface area contributed by atoms with Crippen molar-refractivity contribution in [1.82, 2.24) is 15.3 Å². The summed E-state index contributed by atoms with van der Waals surface area (Å²) < 4.78 is 0. The first-order valence-electron chi connectivity index (χ1n) is 7.29. The maximum atomic E-state index is 11.7. The predicted molar refractivity (Wildman–Crippen MR) is 85.2 cm³/mol. The molecule has 0 atom stereocenters. The standard InChI is InChI=1S/C17H19N3O/c1-11(2)18-16(21)10-8-12-7-9-14-13-5-3-4-6-15(13)20-17(14)19-12/h3-7,9,11H,8,10H2,1-2H3,(H,18,21)(H,19,20). The fraction of sp³-hybridized carbons (Fsp3) is 0.294. The van der Waals surface area contributed by atoms with E-state index in [2.05, 4.69) is 27.4 Å². The maximum absolute atomic E-state index is 11.7. The molecule has 1 aromatic carbocycles. The number of carbonyl (C=O) groups excluding carboxylic acids is 1. The van der Waals surface area contributed by atoms with E-state index in [4.69, 9.17) is 0 Å². The summed E-state index contributed by atoms with van der Waals surface area (Å²) in [6.07, 6.45) is 1.13. The van der Waals surface area contributed by atoms with Crippen LogP contribution in [0, 0.1) is 0 Å². The number of carbonyl (C=O) groups is 1. The molecule has 2 aromatic heterocycles. The van der Waals surface area contributed by atoms with Crippen LogP contribution < -0.4 is 5.32 Å². The molecule has 0 spiro atoms. The highest BCUT2D eigenvalue weighted by Gasteiger charge is 2.08. The molecule has 0 aliphatic carbocycles. The number of hydrogen-bond donors (Lipinski definition) is 2. The molecule has 108 valence electrons. The van der Waals surface area contributed by atoms with Gasteiger partial charge in [0, 0.05) is 34.4 Å². The van der Waals surface area contributed by atoms with Gasteiger partial charge in [0.05, 0.1) is 0 Å². The topological polar surface area (TPSA) is 57.8 Å². The number of nitrogens with zero attached hydrogens (tertiary/aromatic N) is 1. The molecule has 3 aromatic rings. The third kappa shape index (κ3) is 2.89. The SMILES string of the molecule is CC(C)NC(=O)CCc1ccc2c(n1)[nH]c1ccccc12. The van der Waals surface area contributed by atoms with Crippen molar-refractivity contribution < 1.29 is 4.79 Å². The Labute approximate surface area is 123 Å². The molecule has 0 radical (unpaired) electrons. The Morgan fingerprint density at radius 3 is 2.81 bits per heavy atom. The number of H-pyrrole nitrogens is 1. The van der Waals surface area contributed by atoms with Crippen LogP contribution >= 0.6 is 0 Å². The molecular weight excluding hydrogens is 262 g/mol. The molecule has 2 N–H and O–H groups in total. The van der Waals surface area contributed by atoms with Gasteiger partial charge in [0.2, 0.25) is 5.91 Å². The molecule has 0 aliphatic heterocycles. The van der Waals surface area contributed by atoms with E-state index in [1.165, 1.54) is 5.39 Å². The number of fused-ring (bicyclic) bond motifs is 3. The van der Waals surface area contributed by atoms with E-state index in [9.17, 15) is 4.79 Å². The number of hydrogen-bond acceptors (Lipinski definition) is 2. The number of benzene rings is 1. The summed E-state index contributed by atoms with van der Waals surface area (Å²) in [4.78, 5) is 19.6. The summed E-state index contributed by atoms with van der Waals surface area (Å²) >= 11 is 0. The number of para-hydroxylation sites is 1. The second kappa shape index (κ2) is 5.56. The fourth-order valence-electron chi connectivity index (χ4n) is 2.54. The molecule has 21 heavy (non-hydrogen) atoms. The smallest absolute Gasteiger partial charge is 0.220 e. The summed E-state index contributed by atoms with van der Waals surface area (Å²) in [5.41, 5.74) is 2.92. The Bertz CT molecular complexity index is 789. The number of aryl methyl sites for hydroxylation is 1. The molecule has 0 unspecified atom stereocenters. The van der Waals surface area contributed by atoms with Crippen LogP contribution in [-0.4, -0.2) is 21.9 Å². The van der Waals surface area contributed by atoms with E-state index in [0.29, 0.717) is 12.8 Å². The Morgan fingerprint density at radius 1 is 1.19 bits per heavy atom. The number of nitrogens with one attached hydrogen (secondary N) is 2. The average Bonchev–Trinajstić information content (AvgIpc) is 2.82. The summed E-state index contributed by atoms with van der Waals surface area (Å²) in [5.74, 6) is 0.0727. The minimum Gasteiger partial charge on any atom is -0.354 e. The van der Waals surface area contributed by atoms with Crippen LogP contribution in [0.3, 0.4) is 0 Å². The molecule has 3 rings (SSSR count). The van der Waals surface area contributed by atoms with Gasteiger partial charge in [-0.2, -0.15) is 0 Å². The number of pyridine rings is 1. The van der Waals surface area contributed by atoms with Crippen molar-refractivity contribution in [2.45, 2.75) is 32.7 Å². The van der Waals surface area contributed by atoms with Crippen LogP contribution in [0.4, 0.5) is 0 Å². The van der Waals surface area contributed by atoms with Gasteiger partial charge in [-0.05, 0) is 38.5 Å². The highest BCUT2D eigenvalue weighted by atomic mass is 16.1. The van der Waals surface area contributed by atoms with Crippen molar-refractivity contribution >= 4 is 27.8 Å². The summed E-state index contributed by atoms with van der Waals surface area (Å²) in [7, 11) is 0. The fourth-order valence-corrected chi connectivity index (χ4v) is 2.54. The van der Waals surface area contributed by atoms with Gasteiger partial charge in [0.25, 0.3) is 0 Å². The van der Waals surface area contributed by atoms with Crippen molar-refractivity contribution in [2.75, 3.05) is 0 Å². The van der Waals surface area contributed by atoms with Crippen molar-refractivity contribution in [3.05, 3.63) is 42.1 Å². The van der Waals surface area contributed by atoms with Crippen LogP contribution in [-0.2, 0) is 11.2 Å². The van der Waals surface area contributed by atoms with Crippen molar-refractivity contribution in [3.63, 3.8) is 0 Å². The van der Waals surface area contributed by atoms with Gasteiger partial charge in [0.15, 0.2) is 0 Å². The highest BCUT2D eigenvalue weighted by molar-refractivity contribution is 6.05. The van der Waals surface area contributed by atoms with Gasteiger partial charge < -0.3 is 10.3 Å². The minimum absolute atomic E-state index is 0.0727. The van der Waals surface area contributed by atoms with E-state index in [-0.39, 0.29) is 11.9 Å². The quantitative estimate of drug-likeness (QED) is 0.771. The lowest BCUT2D eigenvalue weighted by Crippen LogP contribution is -2.30. The van der Waals surface area contributed by atoms with Crippen LogP contribution in [0.2, 0.25) is 0 Å². The van der Waals surface area contributed by atoms with Gasteiger partial charge in [-0.3, -0.25) is 4.79 Å². The molecule has 0 saturated heterocycles. The van der Waals surface area contributed by atoms with E-state index >= 15 is 0 Å². The molecular formula is C17H19N3O. The molecule has 0 fully saturated rings. The first-order valence-corrected chi connectivity index (χ1v) is 7.29. The first kappa shape index (κ1) is 13.6. The molecule has 4 nitrogen and oxygen atoms in total. The molecule has 1 amide bonds. The summed E-state index contributed by atoms with van der Waals surface area (Å²) in [5, 5.41) is 5.21. The molecule has 0 saturated carbocycles. The molecule has 4 heteroatoms. The van der Waals surface area contributed by atoms with Crippen LogP contribution in [0.1, 0.15) is 26.0 Å². The average molecular weight is 281 g/mol. The van der Waals surface area contributed by atoms with Crippen LogP contribution in [0.25, 0.3) is 21.9 Å². The Morgan fingerprint density at radius 2 is 2.00 bits per heavy atom. The van der Waals surface area contributed by atoms with Crippen molar-refractivity contribution in [3.8, 4) is 0 Å². The van der Waals surface area contributed by atoms with Gasteiger partial charge in [-0.15, -0.1) is 0 Å². The second-order valence-electron chi connectivity index (χ2n) is 5.59. The van der Waals surface area contributed by atoms with E-state index in [1.54, 1.807) is 0 Å². The summed E-state index contributed by atoms with van der Waals surface area (Å²) in [6, 6.07) is 12.4. The van der Waals surface area contributed by atoms with E-state index in [0.717, 1.165) is 22.2 Å². The summed E-state index contributed by atoms with van der Waals surface area (Å²) in [6.45, 7) is 3.93. The lowest BCUT2D eigenvalue weighted by Gasteiger charge is -2.07. The van der Waals surface area contributed by atoms with E-state index < -0.39 is 0 Å². The minimum atomic E-state index is 0.0727. The van der Waals surface area contributed by atoms with Crippen LogP contribution in [0.15, 0.2) is 36.4 Å². The zero-order chi connectivity index (χ0) is 14.8. The van der Waals surface area contributed by atoms with Crippen molar-refractivity contribution in [2.24, 2.45) is 0 Å². The van der Waals surface area contributed by atoms with Crippen molar-refractivity contribution in [1.29, 1.82) is 0 Å². The van der Waals surface area contributed by atoms with Gasteiger partial charge in [0.1, 0.15) is 5.65 Å². The third-order valence-electron chi connectivity index (χ3n) is 3.48. The van der Waals surface area contributed by atoms with Crippen LogP contribution in [0.5, 0.6) is 0 Å². The molecule has 0 aliphatic rings. The maximum Gasteiger partial charge on any atom is 0.220 e. The first-order chi connectivity index (χ1) is 10.1. The zero-order valence-corrected chi connectivity index (χ0v) is 12.3. The lowest BCUT2D eigenvalue weighted by atomic mass is 10.1. The number of amides is 1. The van der Waals surface area contributed by atoms with E-state index in [1.807, 2.05) is 38.1 Å². The number of aromatic amines is 1. The largest absolute Gasteiger partial charge is 0.354 e. The highest BCUT2D eigenvalue weighted by Crippen LogP contribution is 2.24. The van der Waals surface area contributed by atoms with Gasteiger partial charge in [-0.1, -0.05) is 18.2 Å². The number of rotatable bonds is 4. The third-order valence-corrected chi connectivity index (χ3v) is 3.48. The number of aromatic nitrogens is 2. The Hall–Kier alpha value is -2.36. The lowest BCUT2D eigenvalue weighted by molar-refractivity contribution is -0.121. The zero-order valence-electron chi connectivity index (χ0n) is 12.3. The van der Waals surface area contributed by atoms with Gasteiger partial charge >= 0.3 is 0 Å².